The summed E-state index contributed by atoms with van der Waals surface area (Å²) in [5, 5.41) is 8.93. The van der Waals surface area contributed by atoms with E-state index in [1.54, 1.807) is 25.1 Å². The first-order chi connectivity index (χ1) is 9.79. The highest BCUT2D eigenvalue weighted by Gasteiger charge is 2.21. The molecule has 0 atom stereocenters. The third-order valence-electron chi connectivity index (χ3n) is 2.78. The number of sulfonamides is 1. The number of hydrogen-bond acceptors (Lipinski definition) is 6. The molecule has 6 nitrogen and oxygen atoms in total. The number of rotatable bonds is 5. The van der Waals surface area contributed by atoms with Crippen LogP contribution in [-0.4, -0.2) is 18.6 Å². The van der Waals surface area contributed by atoms with Gasteiger partial charge in [-0.3, -0.25) is 4.72 Å². The van der Waals surface area contributed by atoms with Gasteiger partial charge >= 0.3 is 0 Å². The Hall–Kier alpha value is -1.67. The molecule has 0 unspecified atom stereocenters. The van der Waals surface area contributed by atoms with Gasteiger partial charge in [-0.1, -0.05) is 37.3 Å². The third-order valence-corrected chi connectivity index (χ3v) is 5.33. The Morgan fingerprint density at radius 1 is 1.33 bits per heavy atom. The quantitative estimate of drug-likeness (QED) is 0.822. The number of nitrogens with two attached hydrogens (primary N) is 1. The number of nitrogen functional groups attached to an aromatic ring is 1. The van der Waals surface area contributed by atoms with E-state index in [0.717, 1.165) is 11.4 Å². The van der Waals surface area contributed by atoms with Gasteiger partial charge in [0.15, 0.2) is 0 Å². The monoisotopic (exact) mass is 326 g/mol. The predicted molar refractivity (Wildman–Crippen MR) is 84.9 cm³/mol. The van der Waals surface area contributed by atoms with Gasteiger partial charge in [0.1, 0.15) is 9.90 Å². The zero-order chi connectivity index (χ0) is 15.6. The summed E-state index contributed by atoms with van der Waals surface area (Å²) in [5.74, 6) is 0.439. The topological polar surface area (TPSA) is 98.0 Å². The molecule has 0 spiro atoms. The van der Waals surface area contributed by atoms with E-state index in [1.165, 1.54) is 11.3 Å². The lowest BCUT2D eigenvalue weighted by molar-refractivity contribution is 0.601. The van der Waals surface area contributed by atoms with Crippen LogP contribution < -0.4 is 10.5 Å². The molecule has 1 aromatic carbocycles. The number of aromatic nitrogens is 2. The number of nitrogens with one attached hydrogen (secondary N) is 1. The summed E-state index contributed by atoms with van der Waals surface area (Å²) in [6.07, 6.45) is 0.770. The summed E-state index contributed by atoms with van der Waals surface area (Å²) in [6, 6.07) is 4.98. The van der Waals surface area contributed by atoms with Crippen LogP contribution in [0, 0.1) is 12.8 Å². The van der Waals surface area contributed by atoms with Crippen molar-refractivity contribution in [3.05, 3.63) is 28.8 Å². The molecule has 0 radical (unpaired) electrons. The third kappa shape index (κ3) is 3.70. The molecular formula is C13H18N4O2S2. The van der Waals surface area contributed by atoms with Gasteiger partial charge in [0.2, 0.25) is 5.13 Å². The van der Waals surface area contributed by atoms with Gasteiger partial charge in [-0.2, -0.15) is 0 Å². The van der Waals surface area contributed by atoms with Crippen molar-refractivity contribution in [1.82, 2.24) is 10.2 Å². The molecule has 0 saturated carbocycles. The van der Waals surface area contributed by atoms with E-state index in [-0.39, 0.29) is 15.7 Å². The maximum atomic E-state index is 12.4. The van der Waals surface area contributed by atoms with Gasteiger partial charge in [0.05, 0.1) is 5.69 Å². The van der Waals surface area contributed by atoms with Crippen molar-refractivity contribution in [3.63, 3.8) is 0 Å². The lowest BCUT2D eigenvalue weighted by atomic mass is 10.1. The molecule has 2 aromatic rings. The van der Waals surface area contributed by atoms with Crippen LogP contribution in [0.4, 0.5) is 10.8 Å². The molecule has 0 amide bonds. The largest absolute Gasteiger partial charge is 0.398 e. The van der Waals surface area contributed by atoms with Gasteiger partial charge in [-0.15, -0.1) is 10.2 Å². The smallest absolute Gasteiger partial charge is 0.266 e. The first-order valence-corrected chi connectivity index (χ1v) is 8.80. The van der Waals surface area contributed by atoms with E-state index < -0.39 is 10.0 Å². The Morgan fingerprint density at radius 3 is 2.67 bits per heavy atom. The average Bonchev–Trinajstić information content (AvgIpc) is 2.73. The number of nitrogens with zero attached hydrogens (tertiary/aromatic N) is 2. The fourth-order valence-corrected chi connectivity index (χ4v) is 4.48. The van der Waals surface area contributed by atoms with Crippen LogP contribution in [0.2, 0.25) is 0 Å². The standard InChI is InChI=1S/C13H18N4O2S2/c1-8(2)7-11-15-16-13(20-11)17-21(18,19)12-9(3)5-4-6-10(12)14/h4-6,8H,7,14H2,1-3H3,(H,16,17). The molecule has 3 N–H and O–H groups in total. The highest BCUT2D eigenvalue weighted by molar-refractivity contribution is 7.93. The lowest BCUT2D eigenvalue weighted by Gasteiger charge is -2.10. The molecular weight excluding hydrogens is 308 g/mol. The fraction of sp³-hybridized carbons (Fsp3) is 0.385. The normalized spacial score (nSPS) is 11.8. The highest BCUT2D eigenvalue weighted by Crippen LogP contribution is 2.26. The van der Waals surface area contributed by atoms with Gasteiger partial charge < -0.3 is 5.73 Å². The Labute approximate surface area is 128 Å². The summed E-state index contributed by atoms with van der Waals surface area (Å²) in [5.41, 5.74) is 6.59. The Balaban J connectivity index is 2.27. The van der Waals surface area contributed by atoms with Gasteiger partial charge in [0.25, 0.3) is 10.0 Å². The van der Waals surface area contributed by atoms with E-state index >= 15 is 0 Å². The van der Waals surface area contributed by atoms with Crippen molar-refractivity contribution in [2.75, 3.05) is 10.5 Å². The fourth-order valence-electron chi connectivity index (χ4n) is 1.93. The summed E-state index contributed by atoms with van der Waals surface area (Å²) < 4.78 is 27.3. The van der Waals surface area contributed by atoms with Crippen molar-refractivity contribution in [2.45, 2.75) is 32.1 Å². The number of anilines is 2. The molecule has 21 heavy (non-hydrogen) atoms. The molecule has 2 rings (SSSR count). The molecule has 114 valence electrons. The second-order valence-corrected chi connectivity index (χ2v) is 7.88. The molecule has 0 bridgehead atoms. The number of hydrogen-bond donors (Lipinski definition) is 2. The van der Waals surface area contributed by atoms with Crippen LogP contribution in [0.3, 0.4) is 0 Å². The molecule has 1 aromatic heterocycles. The van der Waals surface area contributed by atoms with Crippen molar-refractivity contribution in [3.8, 4) is 0 Å². The van der Waals surface area contributed by atoms with Gasteiger partial charge in [-0.05, 0) is 24.5 Å². The van der Waals surface area contributed by atoms with E-state index in [9.17, 15) is 8.42 Å². The molecule has 0 aliphatic carbocycles. The minimum absolute atomic E-state index is 0.0885. The molecule has 8 heteroatoms. The highest BCUT2D eigenvalue weighted by atomic mass is 32.2. The second-order valence-electron chi connectivity index (χ2n) is 5.20. The van der Waals surface area contributed by atoms with E-state index in [1.807, 2.05) is 0 Å². The molecule has 0 saturated heterocycles. The first kappa shape index (κ1) is 15.7. The summed E-state index contributed by atoms with van der Waals surface area (Å²) >= 11 is 1.24. The number of aryl methyl sites for hydroxylation is 1. The summed E-state index contributed by atoms with van der Waals surface area (Å²) in [7, 11) is -3.76. The van der Waals surface area contributed by atoms with Crippen LogP contribution in [0.15, 0.2) is 23.1 Å². The Kier molecular flexibility index (Phi) is 4.48. The lowest BCUT2D eigenvalue weighted by Crippen LogP contribution is -2.16. The molecule has 0 aliphatic rings. The predicted octanol–water partition coefficient (Wildman–Crippen LogP) is 2.43. The van der Waals surface area contributed by atoms with Crippen LogP contribution in [-0.2, 0) is 16.4 Å². The Bertz CT molecular complexity index is 718. The van der Waals surface area contributed by atoms with E-state index in [0.29, 0.717) is 11.5 Å². The molecule has 0 fully saturated rings. The van der Waals surface area contributed by atoms with Crippen molar-refractivity contribution in [2.24, 2.45) is 5.92 Å². The zero-order valence-corrected chi connectivity index (χ0v) is 13.8. The molecule has 1 heterocycles. The van der Waals surface area contributed by atoms with Gasteiger partial charge in [0, 0.05) is 6.42 Å². The maximum Gasteiger partial charge on any atom is 0.266 e. The number of benzene rings is 1. The minimum Gasteiger partial charge on any atom is -0.398 e. The summed E-state index contributed by atoms with van der Waals surface area (Å²) in [6.45, 7) is 5.84. The average molecular weight is 326 g/mol. The van der Waals surface area contributed by atoms with Crippen molar-refractivity contribution < 1.29 is 8.42 Å². The maximum absolute atomic E-state index is 12.4. The van der Waals surface area contributed by atoms with Crippen molar-refractivity contribution in [1.29, 1.82) is 0 Å². The van der Waals surface area contributed by atoms with E-state index in [2.05, 4.69) is 28.8 Å². The summed E-state index contributed by atoms with van der Waals surface area (Å²) in [4.78, 5) is 0.0885. The van der Waals surface area contributed by atoms with Gasteiger partial charge in [-0.25, -0.2) is 8.42 Å². The van der Waals surface area contributed by atoms with Crippen LogP contribution in [0.25, 0.3) is 0 Å². The van der Waals surface area contributed by atoms with E-state index in [4.69, 9.17) is 5.73 Å². The van der Waals surface area contributed by atoms with Crippen LogP contribution in [0.1, 0.15) is 24.4 Å². The SMILES string of the molecule is Cc1cccc(N)c1S(=O)(=O)Nc1nnc(CC(C)C)s1. The zero-order valence-electron chi connectivity index (χ0n) is 12.1. The first-order valence-electron chi connectivity index (χ1n) is 6.50. The van der Waals surface area contributed by atoms with Crippen molar-refractivity contribution >= 4 is 32.2 Å². The minimum atomic E-state index is -3.76. The second kappa shape index (κ2) is 5.98. The van der Waals surface area contributed by atoms with Crippen LogP contribution >= 0.6 is 11.3 Å². The Morgan fingerprint density at radius 2 is 2.05 bits per heavy atom. The molecule has 0 aliphatic heterocycles. The van der Waals surface area contributed by atoms with Crippen LogP contribution in [0.5, 0.6) is 0 Å².